The smallest absolute Gasteiger partial charge is 0.278 e. The van der Waals surface area contributed by atoms with Crippen molar-refractivity contribution in [2.75, 3.05) is 12.4 Å². The van der Waals surface area contributed by atoms with Crippen molar-refractivity contribution >= 4 is 11.5 Å². The molecule has 0 bridgehead atoms. The molecule has 7 heteroatoms. The Morgan fingerprint density at radius 3 is 2.80 bits per heavy atom. The minimum absolute atomic E-state index is 0.0475. The van der Waals surface area contributed by atoms with Crippen molar-refractivity contribution in [2.45, 2.75) is 0 Å². The molecule has 7 nitrogen and oxygen atoms in total. The Morgan fingerprint density at radius 2 is 2.15 bits per heavy atom. The number of hydrogen-bond donors (Lipinski definition) is 1. The van der Waals surface area contributed by atoms with E-state index < -0.39 is 4.92 Å². The van der Waals surface area contributed by atoms with Gasteiger partial charge in [-0.15, -0.1) is 0 Å². The summed E-state index contributed by atoms with van der Waals surface area (Å²) in [6, 6.07) is 11.1. The molecule has 0 unspecified atom stereocenters. The normalized spacial score (nSPS) is 9.60. The minimum Gasteiger partial charge on any atom is -0.437 e. The maximum absolute atomic E-state index is 10.8. The van der Waals surface area contributed by atoms with E-state index in [0.717, 1.165) is 0 Å². The molecule has 0 saturated heterocycles. The zero-order chi connectivity index (χ0) is 14.5. The highest BCUT2D eigenvalue weighted by atomic mass is 16.6. The first-order chi connectivity index (χ1) is 9.63. The third-order valence-corrected chi connectivity index (χ3v) is 2.48. The number of nitrogens with one attached hydrogen (secondary N) is 1. The minimum atomic E-state index is -0.536. The van der Waals surface area contributed by atoms with Gasteiger partial charge < -0.3 is 10.1 Å². The van der Waals surface area contributed by atoms with Gasteiger partial charge in [0.1, 0.15) is 17.6 Å². The fourth-order valence-electron chi connectivity index (χ4n) is 1.54. The van der Waals surface area contributed by atoms with Crippen LogP contribution in [-0.2, 0) is 0 Å². The highest BCUT2D eigenvalue weighted by Crippen LogP contribution is 2.27. The number of pyridine rings is 1. The summed E-state index contributed by atoms with van der Waals surface area (Å²) in [5, 5.41) is 22.5. The van der Waals surface area contributed by atoms with Crippen LogP contribution in [0.3, 0.4) is 0 Å². The molecular weight excluding hydrogens is 260 g/mol. The summed E-state index contributed by atoms with van der Waals surface area (Å²) in [7, 11) is 1.60. The van der Waals surface area contributed by atoms with Crippen LogP contribution in [0.15, 0.2) is 36.4 Å². The molecule has 2 rings (SSSR count). The summed E-state index contributed by atoms with van der Waals surface area (Å²) in [5.74, 6) is 0.653. The first kappa shape index (κ1) is 13.3. The molecule has 0 radical (unpaired) electrons. The second kappa shape index (κ2) is 5.67. The van der Waals surface area contributed by atoms with E-state index in [1.165, 1.54) is 12.1 Å². The fraction of sp³-hybridized carbons (Fsp3) is 0.0769. The number of ether oxygens (including phenoxy) is 1. The van der Waals surface area contributed by atoms with Gasteiger partial charge >= 0.3 is 0 Å². The van der Waals surface area contributed by atoms with E-state index >= 15 is 0 Å². The van der Waals surface area contributed by atoms with Crippen LogP contribution in [0.2, 0.25) is 0 Å². The molecule has 0 aliphatic heterocycles. The van der Waals surface area contributed by atoms with E-state index in [-0.39, 0.29) is 11.6 Å². The lowest BCUT2D eigenvalue weighted by atomic mass is 10.2. The molecule has 1 heterocycles. The van der Waals surface area contributed by atoms with Crippen molar-refractivity contribution in [1.82, 2.24) is 4.98 Å². The molecule has 0 saturated carbocycles. The highest BCUT2D eigenvalue weighted by molar-refractivity contribution is 5.50. The van der Waals surface area contributed by atoms with Crippen LogP contribution in [0.5, 0.6) is 11.6 Å². The number of hydrogen-bond acceptors (Lipinski definition) is 6. The maximum Gasteiger partial charge on any atom is 0.278 e. The summed E-state index contributed by atoms with van der Waals surface area (Å²) >= 11 is 0. The molecule has 0 fully saturated rings. The molecule has 2 aromatic rings. The number of nitrogens with zero attached hydrogens (tertiary/aromatic N) is 3. The van der Waals surface area contributed by atoms with Gasteiger partial charge in [0.25, 0.3) is 5.69 Å². The van der Waals surface area contributed by atoms with Crippen LogP contribution in [0, 0.1) is 21.4 Å². The zero-order valence-electron chi connectivity index (χ0n) is 10.5. The third kappa shape index (κ3) is 2.81. The largest absolute Gasteiger partial charge is 0.437 e. The Hall–Kier alpha value is -3.14. The van der Waals surface area contributed by atoms with Crippen molar-refractivity contribution in [3.8, 4) is 17.7 Å². The second-order valence-electron chi connectivity index (χ2n) is 3.77. The molecule has 1 aromatic carbocycles. The van der Waals surface area contributed by atoms with Crippen molar-refractivity contribution in [3.05, 3.63) is 52.1 Å². The molecular formula is C13H10N4O3. The lowest BCUT2D eigenvalue weighted by Gasteiger charge is -2.07. The maximum atomic E-state index is 10.8. The summed E-state index contributed by atoms with van der Waals surface area (Å²) in [4.78, 5) is 14.4. The van der Waals surface area contributed by atoms with Crippen molar-refractivity contribution in [1.29, 1.82) is 5.26 Å². The van der Waals surface area contributed by atoms with Gasteiger partial charge in [-0.05, 0) is 12.1 Å². The quantitative estimate of drug-likeness (QED) is 0.677. The molecule has 1 aromatic heterocycles. The summed E-state index contributed by atoms with van der Waals surface area (Å²) in [6.45, 7) is 0. The number of aromatic nitrogens is 1. The number of nitriles is 1. The van der Waals surface area contributed by atoms with Gasteiger partial charge in [-0.1, -0.05) is 12.1 Å². The van der Waals surface area contributed by atoms with Crippen LogP contribution in [-0.4, -0.2) is 17.0 Å². The topological polar surface area (TPSA) is 101 Å². The monoisotopic (exact) mass is 270 g/mol. The summed E-state index contributed by atoms with van der Waals surface area (Å²) in [6.07, 6.45) is 0. The Balaban J connectivity index is 2.40. The predicted octanol–water partition coefficient (Wildman–Crippen LogP) is 2.70. The van der Waals surface area contributed by atoms with Crippen molar-refractivity contribution in [2.24, 2.45) is 0 Å². The average Bonchev–Trinajstić information content (AvgIpc) is 2.47. The van der Waals surface area contributed by atoms with Gasteiger partial charge in [0.05, 0.1) is 22.6 Å². The van der Waals surface area contributed by atoms with Crippen molar-refractivity contribution < 1.29 is 9.66 Å². The molecule has 0 amide bonds. The Morgan fingerprint density at radius 1 is 1.40 bits per heavy atom. The standard InChI is InChI=1S/C13H10N4O3/c1-15-12-6-10(17(18)19)7-13(16-12)20-11-5-3-2-4-9(11)8-14/h2-7H,1H3,(H,15,16). The van der Waals surface area contributed by atoms with E-state index in [1.807, 2.05) is 6.07 Å². The Bertz CT molecular complexity index is 694. The van der Waals surface area contributed by atoms with E-state index in [1.54, 1.807) is 31.3 Å². The van der Waals surface area contributed by atoms with Crippen LogP contribution in [0.1, 0.15) is 5.56 Å². The summed E-state index contributed by atoms with van der Waals surface area (Å²) < 4.78 is 5.46. The molecule has 0 aliphatic carbocycles. The predicted molar refractivity (Wildman–Crippen MR) is 71.7 cm³/mol. The fourth-order valence-corrected chi connectivity index (χ4v) is 1.54. The van der Waals surface area contributed by atoms with Gasteiger partial charge in [0, 0.05) is 7.05 Å². The number of benzene rings is 1. The molecule has 0 spiro atoms. The van der Waals surface area contributed by atoms with Gasteiger partial charge in [-0.25, -0.2) is 0 Å². The first-order valence-corrected chi connectivity index (χ1v) is 5.65. The van der Waals surface area contributed by atoms with E-state index in [4.69, 9.17) is 10.00 Å². The lowest BCUT2D eigenvalue weighted by molar-refractivity contribution is -0.384. The van der Waals surface area contributed by atoms with Crippen LogP contribution in [0.25, 0.3) is 0 Å². The molecule has 0 aliphatic rings. The number of para-hydroxylation sites is 1. The first-order valence-electron chi connectivity index (χ1n) is 5.65. The van der Waals surface area contributed by atoms with Crippen LogP contribution < -0.4 is 10.1 Å². The number of nitro groups is 1. The van der Waals surface area contributed by atoms with Crippen LogP contribution in [0.4, 0.5) is 11.5 Å². The molecule has 1 N–H and O–H groups in total. The van der Waals surface area contributed by atoms with E-state index in [2.05, 4.69) is 10.3 Å². The molecule has 100 valence electrons. The third-order valence-electron chi connectivity index (χ3n) is 2.48. The number of rotatable bonds is 4. The van der Waals surface area contributed by atoms with Gasteiger partial charge in [0.15, 0.2) is 0 Å². The number of anilines is 1. The molecule has 20 heavy (non-hydrogen) atoms. The second-order valence-corrected chi connectivity index (χ2v) is 3.77. The van der Waals surface area contributed by atoms with Gasteiger partial charge in [0.2, 0.25) is 5.88 Å². The Kier molecular flexibility index (Phi) is 3.77. The molecule has 0 atom stereocenters. The van der Waals surface area contributed by atoms with E-state index in [0.29, 0.717) is 17.1 Å². The summed E-state index contributed by atoms with van der Waals surface area (Å²) in [5.41, 5.74) is 0.181. The highest BCUT2D eigenvalue weighted by Gasteiger charge is 2.13. The average molecular weight is 270 g/mol. The SMILES string of the molecule is CNc1cc([N+](=O)[O-])cc(Oc2ccccc2C#N)n1. The zero-order valence-corrected chi connectivity index (χ0v) is 10.5. The van der Waals surface area contributed by atoms with Gasteiger partial charge in [-0.2, -0.15) is 10.2 Å². The van der Waals surface area contributed by atoms with E-state index in [9.17, 15) is 10.1 Å². The van der Waals surface area contributed by atoms with Crippen LogP contribution >= 0.6 is 0 Å². The lowest BCUT2D eigenvalue weighted by Crippen LogP contribution is -1.98. The van der Waals surface area contributed by atoms with Crippen molar-refractivity contribution in [3.63, 3.8) is 0 Å². The Labute approximate surface area is 114 Å². The van der Waals surface area contributed by atoms with Gasteiger partial charge in [-0.3, -0.25) is 10.1 Å².